The summed E-state index contributed by atoms with van der Waals surface area (Å²) in [6.07, 6.45) is 2.32. The number of amides is 1. The second-order valence-corrected chi connectivity index (χ2v) is 7.47. The maximum atomic E-state index is 12.3. The van der Waals surface area contributed by atoms with Crippen LogP contribution in [0.2, 0.25) is 0 Å². The average Bonchev–Trinajstić information content (AvgIpc) is 3.19. The summed E-state index contributed by atoms with van der Waals surface area (Å²) in [7, 11) is 0. The van der Waals surface area contributed by atoms with Gasteiger partial charge in [0.1, 0.15) is 6.26 Å². The molecule has 152 valence electrons. The largest absolute Gasteiger partial charge is 0.447 e. The first-order chi connectivity index (χ1) is 14.0. The van der Waals surface area contributed by atoms with E-state index in [-0.39, 0.29) is 11.9 Å². The number of hydrogen-bond donors (Lipinski definition) is 1. The Hall–Kier alpha value is -2.92. The molecule has 3 rings (SSSR count). The number of carbonyl (C=O) groups is 1. The lowest BCUT2D eigenvalue weighted by Gasteiger charge is -2.22. The lowest BCUT2D eigenvalue weighted by Crippen LogP contribution is -2.32. The summed E-state index contributed by atoms with van der Waals surface area (Å²) in [5.74, 6) is 0.353. The maximum absolute atomic E-state index is 12.3. The van der Waals surface area contributed by atoms with E-state index in [1.54, 1.807) is 0 Å². The first-order valence-electron chi connectivity index (χ1n) is 10.1. The van der Waals surface area contributed by atoms with Gasteiger partial charge in [-0.2, -0.15) is 0 Å². The molecule has 0 spiro atoms. The van der Waals surface area contributed by atoms with Crippen molar-refractivity contribution in [2.75, 3.05) is 0 Å². The smallest absolute Gasteiger partial charge is 0.273 e. The number of aryl methyl sites for hydroxylation is 1. The molecule has 0 aliphatic rings. The lowest BCUT2D eigenvalue weighted by molar-refractivity contribution is 0.0934. The highest BCUT2D eigenvalue weighted by Gasteiger charge is 2.17. The quantitative estimate of drug-likeness (QED) is 0.574. The van der Waals surface area contributed by atoms with Crippen LogP contribution in [0.25, 0.3) is 0 Å². The van der Waals surface area contributed by atoms with Gasteiger partial charge in [0.2, 0.25) is 5.89 Å². The Balaban J connectivity index is 1.74. The summed E-state index contributed by atoms with van der Waals surface area (Å²) in [4.78, 5) is 19.0. The molecule has 5 nitrogen and oxygen atoms in total. The van der Waals surface area contributed by atoms with Crippen LogP contribution in [0.15, 0.2) is 65.3 Å². The van der Waals surface area contributed by atoms with E-state index >= 15 is 0 Å². The Morgan fingerprint density at radius 3 is 2.52 bits per heavy atom. The molecule has 1 amide bonds. The summed E-state index contributed by atoms with van der Waals surface area (Å²) >= 11 is 0. The van der Waals surface area contributed by atoms with Crippen LogP contribution in [0, 0.1) is 6.92 Å². The fraction of sp³-hybridized carbons (Fsp3) is 0.333. The molecule has 5 heteroatoms. The van der Waals surface area contributed by atoms with Gasteiger partial charge < -0.3 is 9.73 Å². The molecule has 0 saturated heterocycles. The number of aromatic nitrogens is 1. The maximum Gasteiger partial charge on any atom is 0.273 e. The zero-order chi connectivity index (χ0) is 20.6. The monoisotopic (exact) mass is 391 g/mol. The number of nitrogens with one attached hydrogen (secondary N) is 1. The van der Waals surface area contributed by atoms with Gasteiger partial charge in [0.15, 0.2) is 5.69 Å². The van der Waals surface area contributed by atoms with E-state index in [9.17, 15) is 4.79 Å². The van der Waals surface area contributed by atoms with Crippen molar-refractivity contribution in [1.29, 1.82) is 0 Å². The molecule has 1 heterocycles. The molecule has 0 bridgehead atoms. The predicted molar refractivity (Wildman–Crippen MR) is 114 cm³/mol. The number of carbonyl (C=O) groups excluding carboxylic acids is 1. The number of hydrogen-bond acceptors (Lipinski definition) is 4. The van der Waals surface area contributed by atoms with Crippen molar-refractivity contribution < 1.29 is 9.21 Å². The van der Waals surface area contributed by atoms with E-state index in [4.69, 9.17) is 4.42 Å². The Bertz CT molecular complexity index is 921. The van der Waals surface area contributed by atoms with Crippen molar-refractivity contribution in [2.45, 2.75) is 52.9 Å². The predicted octanol–water partition coefficient (Wildman–Crippen LogP) is 4.71. The van der Waals surface area contributed by atoms with Crippen LogP contribution in [-0.2, 0) is 19.6 Å². The third-order valence-corrected chi connectivity index (χ3v) is 5.04. The van der Waals surface area contributed by atoms with Crippen molar-refractivity contribution in [3.63, 3.8) is 0 Å². The summed E-state index contributed by atoms with van der Waals surface area (Å²) < 4.78 is 5.62. The van der Waals surface area contributed by atoms with Crippen LogP contribution in [0.3, 0.4) is 0 Å². The van der Waals surface area contributed by atoms with Gasteiger partial charge in [-0.25, -0.2) is 4.98 Å². The summed E-state index contributed by atoms with van der Waals surface area (Å²) in [5, 5.41) is 2.92. The minimum absolute atomic E-state index is 0.110. The van der Waals surface area contributed by atoms with Gasteiger partial charge >= 0.3 is 0 Å². The second kappa shape index (κ2) is 10.0. The van der Waals surface area contributed by atoms with Crippen molar-refractivity contribution in [1.82, 2.24) is 15.2 Å². The highest BCUT2D eigenvalue weighted by molar-refractivity contribution is 5.92. The van der Waals surface area contributed by atoms with Crippen LogP contribution in [-0.4, -0.2) is 21.8 Å². The Kier molecular flexibility index (Phi) is 7.19. The Labute approximate surface area is 172 Å². The summed E-state index contributed by atoms with van der Waals surface area (Å²) in [5.41, 5.74) is 4.08. The van der Waals surface area contributed by atoms with Crippen LogP contribution >= 0.6 is 0 Å². The number of rotatable bonds is 9. The average molecular weight is 392 g/mol. The van der Waals surface area contributed by atoms with E-state index in [2.05, 4.69) is 58.5 Å². The number of benzene rings is 2. The second-order valence-electron chi connectivity index (χ2n) is 7.47. The molecule has 0 aliphatic carbocycles. The van der Waals surface area contributed by atoms with Gasteiger partial charge in [-0.1, -0.05) is 61.5 Å². The summed E-state index contributed by atoms with van der Waals surface area (Å²) in [6, 6.07) is 18.8. The molecule has 1 aromatic heterocycles. The Morgan fingerprint density at radius 2 is 1.79 bits per heavy atom. The van der Waals surface area contributed by atoms with Crippen LogP contribution in [0.4, 0.5) is 0 Å². The molecular formula is C24H29N3O2. The van der Waals surface area contributed by atoms with Gasteiger partial charge in [0, 0.05) is 19.1 Å². The van der Waals surface area contributed by atoms with Gasteiger partial charge in [-0.15, -0.1) is 0 Å². The van der Waals surface area contributed by atoms with E-state index in [1.807, 2.05) is 32.0 Å². The zero-order valence-corrected chi connectivity index (χ0v) is 17.4. The minimum Gasteiger partial charge on any atom is -0.447 e. The van der Waals surface area contributed by atoms with E-state index in [0.717, 1.165) is 19.5 Å². The van der Waals surface area contributed by atoms with Gasteiger partial charge in [-0.05, 0) is 37.0 Å². The summed E-state index contributed by atoms with van der Waals surface area (Å²) in [6.45, 7) is 8.21. The Morgan fingerprint density at radius 1 is 1.07 bits per heavy atom. The molecular weight excluding hydrogens is 362 g/mol. The van der Waals surface area contributed by atoms with Gasteiger partial charge in [0.25, 0.3) is 5.91 Å². The molecule has 0 saturated carbocycles. The zero-order valence-electron chi connectivity index (χ0n) is 17.4. The molecule has 1 N–H and O–H groups in total. The molecule has 0 fully saturated rings. The third-order valence-electron chi connectivity index (χ3n) is 5.04. The van der Waals surface area contributed by atoms with Crippen molar-refractivity contribution >= 4 is 5.91 Å². The van der Waals surface area contributed by atoms with Crippen molar-refractivity contribution in [3.8, 4) is 0 Å². The van der Waals surface area contributed by atoms with Gasteiger partial charge in [0.05, 0.1) is 6.54 Å². The molecule has 1 atom stereocenters. The lowest BCUT2D eigenvalue weighted by atomic mass is 10.1. The fourth-order valence-corrected chi connectivity index (χ4v) is 3.12. The van der Waals surface area contributed by atoms with Crippen molar-refractivity contribution in [2.24, 2.45) is 0 Å². The number of oxazole rings is 1. The van der Waals surface area contributed by atoms with E-state index in [0.29, 0.717) is 18.1 Å². The fourth-order valence-electron chi connectivity index (χ4n) is 3.12. The third kappa shape index (κ3) is 6.03. The molecule has 29 heavy (non-hydrogen) atoms. The van der Waals surface area contributed by atoms with Crippen LogP contribution < -0.4 is 5.32 Å². The van der Waals surface area contributed by atoms with Gasteiger partial charge in [-0.3, -0.25) is 9.69 Å². The normalized spacial score (nSPS) is 12.1. The molecule has 0 aliphatic heterocycles. The first-order valence-corrected chi connectivity index (χ1v) is 10.1. The molecule has 3 aromatic rings. The van der Waals surface area contributed by atoms with Crippen LogP contribution in [0.1, 0.15) is 53.3 Å². The minimum atomic E-state index is -0.192. The number of nitrogens with zero attached hydrogens (tertiary/aromatic N) is 2. The highest BCUT2D eigenvalue weighted by Crippen LogP contribution is 2.16. The standard InChI is InChI=1S/C24H29N3O2/c1-4-19(3)25-24(28)22-17-29-23(26-22)16-27(14-20-11-6-5-7-12-20)15-21-13-9-8-10-18(21)2/h5-13,17,19H,4,14-16H2,1-3H3,(H,25,28). The topological polar surface area (TPSA) is 58.4 Å². The molecule has 1 unspecified atom stereocenters. The van der Waals surface area contributed by atoms with E-state index in [1.165, 1.54) is 23.0 Å². The SMILES string of the molecule is CCC(C)NC(=O)c1coc(CN(Cc2ccccc2)Cc2ccccc2C)n1. The highest BCUT2D eigenvalue weighted by atomic mass is 16.3. The van der Waals surface area contributed by atoms with Crippen molar-refractivity contribution in [3.05, 3.63) is 89.1 Å². The first kappa shape index (κ1) is 20.8. The molecule has 0 radical (unpaired) electrons. The van der Waals surface area contributed by atoms with E-state index < -0.39 is 0 Å². The van der Waals surface area contributed by atoms with Crippen LogP contribution in [0.5, 0.6) is 0 Å². The molecule has 2 aromatic carbocycles.